The fourth-order valence-electron chi connectivity index (χ4n) is 2.74. The summed E-state index contributed by atoms with van der Waals surface area (Å²) in [6.45, 7) is 4.56. The molecule has 0 spiro atoms. The molecule has 84 valence electrons. The van der Waals surface area contributed by atoms with Crippen LogP contribution in [0.4, 0.5) is 0 Å². The molecule has 3 heteroatoms. The first-order chi connectivity index (χ1) is 7.80. The Kier molecular flexibility index (Phi) is 2.21. The smallest absolute Gasteiger partial charge is 0.137 e. The highest BCUT2D eigenvalue weighted by atomic mass is 14.9. The average molecular weight is 215 g/mol. The number of pyridine rings is 1. The number of fused-ring (bicyclic) bond motifs is 1. The van der Waals surface area contributed by atoms with E-state index in [0.717, 1.165) is 18.7 Å². The van der Waals surface area contributed by atoms with Gasteiger partial charge in [-0.05, 0) is 37.1 Å². The monoisotopic (exact) mass is 215 g/mol. The Labute approximate surface area is 95.3 Å². The van der Waals surface area contributed by atoms with Gasteiger partial charge < -0.3 is 10.3 Å². The van der Waals surface area contributed by atoms with Crippen LogP contribution in [0.15, 0.2) is 24.5 Å². The molecule has 1 unspecified atom stereocenters. The first kappa shape index (κ1) is 9.85. The number of hydrogen-bond acceptors (Lipinski definition) is 2. The molecule has 0 radical (unpaired) electrons. The van der Waals surface area contributed by atoms with Crippen molar-refractivity contribution in [3.63, 3.8) is 0 Å². The zero-order valence-electron chi connectivity index (χ0n) is 9.59. The molecule has 1 saturated heterocycles. The number of aromatic nitrogens is 2. The van der Waals surface area contributed by atoms with Crippen molar-refractivity contribution in [1.82, 2.24) is 15.3 Å². The van der Waals surface area contributed by atoms with Crippen LogP contribution < -0.4 is 5.32 Å². The van der Waals surface area contributed by atoms with Crippen molar-refractivity contribution < 1.29 is 0 Å². The van der Waals surface area contributed by atoms with E-state index in [1.54, 1.807) is 0 Å². The largest absolute Gasteiger partial charge is 0.346 e. The predicted octanol–water partition coefficient (Wildman–Crippen LogP) is 2.20. The summed E-state index contributed by atoms with van der Waals surface area (Å²) in [5.41, 5.74) is 2.66. The summed E-state index contributed by atoms with van der Waals surface area (Å²) in [4.78, 5) is 7.62. The molecule has 2 aromatic rings. The van der Waals surface area contributed by atoms with Gasteiger partial charge in [-0.25, -0.2) is 4.98 Å². The third kappa shape index (κ3) is 1.43. The molecule has 0 saturated carbocycles. The average Bonchev–Trinajstić information content (AvgIpc) is 2.74. The van der Waals surface area contributed by atoms with Crippen molar-refractivity contribution in [3.8, 4) is 0 Å². The molecule has 3 nitrogen and oxygen atoms in total. The van der Waals surface area contributed by atoms with Crippen molar-refractivity contribution in [2.24, 2.45) is 0 Å². The molecule has 2 N–H and O–H groups in total. The summed E-state index contributed by atoms with van der Waals surface area (Å²) in [5.74, 6) is 0. The molecule has 1 aliphatic rings. The molecular formula is C13H17N3. The molecule has 0 bridgehead atoms. The summed E-state index contributed by atoms with van der Waals surface area (Å²) in [7, 11) is 0. The zero-order chi connectivity index (χ0) is 11.0. The minimum Gasteiger partial charge on any atom is -0.346 e. The van der Waals surface area contributed by atoms with E-state index >= 15 is 0 Å². The van der Waals surface area contributed by atoms with Crippen LogP contribution in [0.2, 0.25) is 0 Å². The minimum absolute atomic E-state index is 0.250. The highest BCUT2D eigenvalue weighted by molar-refractivity contribution is 5.80. The highest BCUT2D eigenvalue weighted by Crippen LogP contribution is 2.34. The van der Waals surface area contributed by atoms with E-state index in [9.17, 15) is 0 Å². The second-order valence-electron chi connectivity index (χ2n) is 4.94. The summed E-state index contributed by atoms with van der Waals surface area (Å²) in [6.07, 6.45) is 6.47. The first-order valence-corrected chi connectivity index (χ1v) is 5.93. The van der Waals surface area contributed by atoms with Crippen molar-refractivity contribution in [2.75, 3.05) is 13.1 Å². The van der Waals surface area contributed by atoms with Crippen LogP contribution in [0.1, 0.15) is 25.3 Å². The Bertz CT molecular complexity index is 495. The molecule has 0 amide bonds. The van der Waals surface area contributed by atoms with E-state index in [2.05, 4.69) is 34.5 Å². The van der Waals surface area contributed by atoms with Crippen LogP contribution in [-0.4, -0.2) is 23.1 Å². The highest BCUT2D eigenvalue weighted by Gasteiger charge is 2.30. The summed E-state index contributed by atoms with van der Waals surface area (Å²) >= 11 is 0. The molecule has 0 aromatic carbocycles. The number of aromatic amines is 1. The van der Waals surface area contributed by atoms with Gasteiger partial charge in [-0.2, -0.15) is 0 Å². The number of rotatable bonds is 1. The molecule has 1 atom stereocenters. The van der Waals surface area contributed by atoms with E-state index < -0.39 is 0 Å². The molecule has 3 heterocycles. The van der Waals surface area contributed by atoms with Gasteiger partial charge >= 0.3 is 0 Å². The van der Waals surface area contributed by atoms with Crippen LogP contribution in [0.3, 0.4) is 0 Å². The normalized spacial score (nSPS) is 26.1. The van der Waals surface area contributed by atoms with Crippen LogP contribution in [0.25, 0.3) is 11.0 Å². The maximum atomic E-state index is 4.35. The molecule has 3 rings (SSSR count). The Morgan fingerprint density at radius 2 is 2.38 bits per heavy atom. The van der Waals surface area contributed by atoms with Gasteiger partial charge in [-0.3, -0.25) is 0 Å². The van der Waals surface area contributed by atoms with Gasteiger partial charge in [0.05, 0.1) is 0 Å². The molecule has 2 aromatic heterocycles. The van der Waals surface area contributed by atoms with E-state index in [4.69, 9.17) is 0 Å². The number of piperidine rings is 1. The fourth-order valence-corrected chi connectivity index (χ4v) is 2.74. The number of nitrogens with zero attached hydrogens (tertiary/aromatic N) is 1. The van der Waals surface area contributed by atoms with E-state index in [1.165, 1.54) is 23.8 Å². The standard InChI is InChI=1S/C13H17N3/c1-13(5-3-6-14-9-13)11-8-16-12-10(11)4-2-7-15-12/h2,4,7-8,14H,3,5-6,9H2,1H3,(H,15,16). The van der Waals surface area contributed by atoms with Gasteiger partial charge in [0.1, 0.15) is 5.65 Å². The van der Waals surface area contributed by atoms with Crippen LogP contribution in [0.5, 0.6) is 0 Å². The predicted molar refractivity (Wildman–Crippen MR) is 65.5 cm³/mol. The van der Waals surface area contributed by atoms with Gasteiger partial charge in [-0.1, -0.05) is 6.92 Å². The summed E-state index contributed by atoms with van der Waals surface area (Å²) < 4.78 is 0. The van der Waals surface area contributed by atoms with Crippen molar-refractivity contribution in [3.05, 3.63) is 30.1 Å². The van der Waals surface area contributed by atoms with E-state index in [1.807, 2.05) is 12.3 Å². The third-order valence-corrected chi connectivity index (χ3v) is 3.70. The third-order valence-electron chi connectivity index (χ3n) is 3.70. The maximum Gasteiger partial charge on any atom is 0.137 e. The molecule has 1 fully saturated rings. The topological polar surface area (TPSA) is 40.7 Å². The van der Waals surface area contributed by atoms with Crippen molar-refractivity contribution in [2.45, 2.75) is 25.2 Å². The lowest BCUT2D eigenvalue weighted by molar-refractivity contribution is 0.342. The minimum atomic E-state index is 0.250. The Morgan fingerprint density at radius 3 is 3.19 bits per heavy atom. The van der Waals surface area contributed by atoms with Crippen molar-refractivity contribution >= 4 is 11.0 Å². The zero-order valence-corrected chi connectivity index (χ0v) is 9.59. The Balaban J connectivity index is 2.11. The molecular weight excluding hydrogens is 198 g/mol. The van der Waals surface area contributed by atoms with Crippen LogP contribution in [-0.2, 0) is 5.41 Å². The van der Waals surface area contributed by atoms with Gasteiger partial charge in [0.25, 0.3) is 0 Å². The Hall–Kier alpha value is -1.35. The second kappa shape index (κ2) is 3.59. The lowest BCUT2D eigenvalue weighted by Crippen LogP contribution is -2.40. The fraction of sp³-hybridized carbons (Fsp3) is 0.462. The van der Waals surface area contributed by atoms with Crippen LogP contribution >= 0.6 is 0 Å². The lowest BCUT2D eigenvalue weighted by Gasteiger charge is -2.34. The second-order valence-corrected chi connectivity index (χ2v) is 4.94. The number of nitrogens with one attached hydrogen (secondary N) is 2. The quantitative estimate of drug-likeness (QED) is 0.765. The molecule has 0 aliphatic carbocycles. The number of H-pyrrole nitrogens is 1. The lowest BCUT2D eigenvalue weighted by atomic mass is 9.77. The maximum absolute atomic E-state index is 4.35. The summed E-state index contributed by atoms with van der Waals surface area (Å²) in [5, 5.41) is 4.77. The molecule has 16 heavy (non-hydrogen) atoms. The van der Waals surface area contributed by atoms with E-state index in [0.29, 0.717) is 0 Å². The number of hydrogen-bond donors (Lipinski definition) is 2. The van der Waals surface area contributed by atoms with Gasteiger partial charge in [-0.15, -0.1) is 0 Å². The SMILES string of the molecule is CC1(c2c[nH]c3ncccc23)CCCNC1. The van der Waals surface area contributed by atoms with Gasteiger partial charge in [0.2, 0.25) is 0 Å². The first-order valence-electron chi connectivity index (χ1n) is 5.93. The van der Waals surface area contributed by atoms with E-state index in [-0.39, 0.29) is 5.41 Å². The van der Waals surface area contributed by atoms with Crippen LogP contribution in [0, 0.1) is 0 Å². The Morgan fingerprint density at radius 1 is 1.44 bits per heavy atom. The van der Waals surface area contributed by atoms with Gasteiger partial charge in [0, 0.05) is 29.7 Å². The molecule has 1 aliphatic heterocycles. The summed E-state index contributed by atoms with van der Waals surface area (Å²) in [6, 6.07) is 4.17. The van der Waals surface area contributed by atoms with Crippen molar-refractivity contribution in [1.29, 1.82) is 0 Å². The van der Waals surface area contributed by atoms with Gasteiger partial charge in [0.15, 0.2) is 0 Å².